The van der Waals surface area contributed by atoms with Crippen LogP contribution in [0.15, 0.2) is 48.5 Å². The smallest absolute Gasteiger partial charge is 0.238 e. The second-order valence-electron chi connectivity index (χ2n) is 10.6. The molecule has 0 spiro atoms. The molecule has 4 saturated carbocycles. The van der Waals surface area contributed by atoms with Gasteiger partial charge in [-0.1, -0.05) is 12.1 Å². The topological polar surface area (TPSA) is 58.6 Å². The van der Waals surface area contributed by atoms with Gasteiger partial charge in [0.1, 0.15) is 11.1 Å². The number of ether oxygens (including phenoxy) is 1. The zero-order valence-corrected chi connectivity index (χ0v) is 20.5. The van der Waals surface area contributed by atoms with E-state index >= 15 is 0 Å². The van der Waals surface area contributed by atoms with Crippen molar-refractivity contribution in [1.29, 1.82) is 0 Å². The lowest BCUT2D eigenvalue weighted by Gasteiger charge is -2.55. The first-order valence-electron chi connectivity index (χ1n) is 12.6. The van der Waals surface area contributed by atoms with Gasteiger partial charge in [-0.15, -0.1) is 11.8 Å². The Bertz CT molecular complexity index is 1060. The molecule has 2 aromatic rings. The Morgan fingerprint density at radius 2 is 1.74 bits per heavy atom. The zero-order chi connectivity index (χ0) is 23.3. The number of nitrogens with one attached hydrogen (secondary N) is 1. The molecule has 2 aromatic carbocycles. The fourth-order valence-corrected chi connectivity index (χ4v) is 8.41. The molecule has 178 valence electrons. The third kappa shape index (κ3) is 3.90. The normalized spacial score (nSPS) is 31.7. The zero-order valence-electron chi connectivity index (χ0n) is 19.7. The molecule has 4 bridgehead atoms. The van der Waals surface area contributed by atoms with Gasteiger partial charge in [0.15, 0.2) is 0 Å². The van der Waals surface area contributed by atoms with Crippen LogP contribution < -0.4 is 15.0 Å². The quantitative estimate of drug-likeness (QED) is 0.554. The SMILES string of the molecule is CCOc1ccc(N2C(=O)CSC2c2cccc(NC(=O)C34CC5CC(CC(C5)C3)C4)c2)cc1. The number of amides is 2. The summed E-state index contributed by atoms with van der Waals surface area (Å²) >= 11 is 1.63. The van der Waals surface area contributed by atoms with E-state index in [1.165, 1.54) is 19.3 Å². The minimum Gasteiger partial charge on any atom is -0.494 e. The van der Waals surface area contributed by atoms with Gasteiger partial charge in [-0.3, -0.25) is 14.5 Å². The van der Waals surface area contributed by atoms with Crippen LogP contribution in [-0.2, 0) is 9.59 Å². The van der Waals surface area contributed by atoms with E-state index in [1.54, 1.807) is 11.8 Å². The van der Waals surface area contributed by atoms with Crippen LogP contribution in [0.25, 0.3) is 0 Å². The molecule has 5 nitrogen and oxygen atoms in total. The van der Waals surface area contributed by atoms with Crippen molar-refractivity contribution in [2.75, 3.05) is 22.6 Å². The molecule has 34 heavy (non-hydrogen) atoms. The second-order valence-corrected chi connectivity index (χ2v) is 11.7. The molecule has 7 rings (SSSR count). The lowest BCUT2D eigenvalue weighted by atomic mass is 9.49. The molecule has 1 N–H and O–H groups in total. The van der Waals surface area contributed by atoms with Gasteiger partial charge >= 0.3 is 0 Å². The molecule has 1 atom stereocenters. The Kier molecular flexibility index (Phi) is 5.59. The number of nitrogens with zero attached hydrogens (tertiary/aromatic N) is 1. The van der Waals surface area contributed by atoms with Crippen molar-refractivity contribution in [3.63, 3.8) is 0 Å². The summed E-state index contributed by atoms with van der Waals surface area (Å²) in [4.78, 5) is 28.2. The van der Waals surface area contributed by atoms with Crippen molar-refractivity contribution in [3.05, 3.63) is 54.1 Å². The molecule has 1 heterocycles. The highest BCUT2D eigenvalue weighted by Gasteiger charge is 2.54. The molecule has 1 saturated heterocycles. The van der Waals surface area contributed by atoms with Crippen LogP contribution in [0.2, 0.25) is 0 Å². The second kappa shape index (κ2) is 8.63. The number of hydrogen-bond donors (Lipinski definition) is 1. The highest BCUT2D eigenvalue weighted by atomic mass is 32.2. The molecular weight excluding hydrogens is 444 g/mol. The summed E-state index contributed by atoms with van der Waals surface area (Å²) in [7, 11) is 0. The highest BCUT2D eigenvalue weighted by molar-refractivity contribution is 8.00. The predicted octanol–water partition coefficient (Wildman–Crippen LogP) is 6.02. The van der Waals surface area contributed by atoms with Crippen LogP contribution in [0.5, 0.6) is 5.75 Å². The van der Waals surface area contributed by atoms with Crippen molar-refractivity contribution in [1.82, 2.24) is 0 Å². The van der Waals surface area contributed by atoms with E-state index in [0.717, 1.165) is 59.7 Å². The van der Waals surface area contributed by atoms with E-state index in [1.807, 2.05) is 48.2 Å². The molecule has 5 fully saturated rings. The summed E-state index contributed by atoms with van der Waals surface area (Å²) < 4.78 is 5.55. The van der Waals surface area contributed by atoms with Crippen LogP contribution in [0.4, 0.5) is 11.4 Å². The molecular formula is C28H32N2O3S. The van der Waals surface area contributed by atoms with Crippen LogP contribution in [0.3, 0.4) is 0 Å². The Morgan fingerprint density at radius 3 is 2.38 bits per heavy atom. The molecule has 0 aromatic heterocycles. The molecule has 5 aliphatic rings. The number of rotatable bonds is 6. The molecule has 2 amide bonds. The molecule has 0 radical (unpaired) electrons. The monoisotopic (exact) mass is 476 g/mol. The van der Waals surface area contributed by atoms with E-state index in [-0.39, 0.29) is 22.6 Å². The van der Waals surface area contributed by atoms with E-state index in [2.05, 4.69) is 17.4 Å². The van der Waals surface area contributed by atoms with Crippen molar-refractivity contribution in [2.45, 2.75) is 50.8 Å². The summed E-state index contributed by atoms with van der Waals surface area (Å²) in [6.45, 7) is 2.57. The Morgan fingerprint density at radius 1 is 1.06 bits per heavy atom. The van der Waals surface area contributed by atoms with Crippen molar-refractivity contribution < 1.29 is 14.3 Å². The summed E-state index contributed by atoms with van der Waals surface area (Å²) in [6.07, 6.45) is 7.16. The van der Waals surface area contributed by atoms with E-state index in [9.17, 15) is 9.59 Å². The highest BCUT2D eigenvalue weighted by Crippen LogP contribution is 2.60. The van der Waals surface area contributed by atoms with Gasteiger partial charge in [0.05, 0.1) is 17.8 Å². The van der Waals surface area contributed by atoms with Gasteiger partial charge < -0.3 is 10.1 Å². The summed E-state index contributed by atoms with van der Waals surface area (Å²) in [5.41, 5.74) is 2.57. The van der Waals surface area contributed by atoms with Crippen molar-refractivity contribution >= 4 is 35.0 Å². The number of thioether (sulfide) groups is 1. The molecule has 1 aliphatic heterocycles. The Labute approximate surface area is 205 Å². The minimum absolute atomic E-state index is 0.0992. The average Bonchev–Trinajstić information content (AvgIpc) is 3.20. The van der Waals surface area contributed by atoms with Crippen LogP contribution in [0, 0.1) is 23.2 Å². The average molecular weight is 477 g/mol. The Balaban J connectivity index is 1.21. The van der Waals surface area contributed by atoms with Gasteiger partial charge in [0, 0.05) is 11.4 Å². The maximum Gasteiger partial charge on any atom is 0.238 e. The summed E-state index contributed by atoms with van der Waals surface area (Å²) in [6, 6.07) is 15.8. The lowest BCUT2D eigenvalue weighted by molar-refractivity contribution is -0.140. The van der Waals surface area contributed by atoms with Crippen LogP contribution >= 0.6 is 11.8 Å². The van der Waals surface area contributed by atoms with Gasteiger partial charge in [-0.2, -0.15) is 0 Å². The van der Waals surface area contributed by atoms with Crippen LogP contribution in [0.1, 0.15) is 56.4 Å². The summed E-state index contributed by atoms with van der Waals surface area (Å²) in [5.74, 6) is 3.79. The lowest BCUT2D eigenvalue weighted by Crippen LogP contribution is -2.51. The van der Waals surface area contributed by atoms with E-state index in [0.29, 0.717) is 12.4 Å². The molecule has 6 heteroatoms. The maximum absolute atomic E-state index is 13.5. The van der Waals surface area contributed by atoms with Gasteiger partial charge in [-0.25, -0.2) is 0 Å². The number of anilines is 2. The number of carbonyl (C=O) groups excluding carboxylic acids is 2. The first-order valence-corrected chi connectivity index (χ1v) is 13.7. The van der Waals surface area contributed by atoms with Crippen molar-refractivity contribution in [2.24, 2.45) is 23.2 Å². The van der Waals surface area contributed by atoms with E-state index < -0.39 is 0 Å². The largest absolute Gasteiger partial charge is 0.494 e. The van der Waals surface area contributed by atoms with E-state index in [4.69, 9.17) is 4.74 Å². The van der Waals surface area contributed by atoms with Gasteiger partial charge in [0.2, 0.25) is 11.8 Å². The Hall–Kier alpha value is -2.47. The maximum atomic E-state index is 13.5. The third-order valence-corrected chi connectivity index (χ3v) is 9.46. The predicted molar refractivity (Wildman–Crippen MR) is 136 cm³/mol. The fraction of sp³-hybridized carbons (Fsp3) is 0.500. The fourth-order valence-electron chi connectivity index (χ4n) is 7.24. The standard InChI is InChI=1S/C28H32N2O3S/c1-2-33-24-8-6-23(7-9-24)30-25(31)17-34-26(30)21-4-3-5-22(13-21)29-27(32)28-14-18-10-19(15-28)12-20(11-18)16-28/h3-9,13,18-20,26H,2,10-12,14-17H2,1H3,(H,29,32). The molecule has 1 unspecified atom stereocenters. The first kappa shape index (κ1) is 22.0. The number of carbonyl (C=O) groups is 2. The van der Waals surface area contributed by atoms with Crippen molar-refractivity contribution in [3.8, 4) is 5.75 Å². The van der Waals surface area contributed by atoms with Gasteiger partial charge in [0.25, 0.3) is 0 Å². The van der Waals surface area contributed by atoms with Crippen LogP contribution in [-0.4, -0.2) is 24.2 Å². The number of benzene rings is 2. The number of hydrogen-bond acceptors (Lipinski definition) is 4. The summed E-state index contributed by atoms with van der Waals surface area (Å²) in [5, 5.41) is 3.17. The minimum atomic E-state index is -0.169. The van der Waals surface area contributed by atoms with Gasteiger partial charge in [-0.05, 0) is 105 Å². The first-order chi connectivity index (χ1) is 16.5. The third-order valence-electron chi connectivity index (χ3n) is 8.24. The molecule has 4 aliphatic carbocycles.